The normalized spacial score (nSPS) is 21.2. The highest BCUT2D eigenvalue weighted by molar-refractivity contribution is 5.56. The van der Waals surface area contributed by atoms with Gasteiger partial charge in [0.05, 0.1) is 6.04 Å². The van der Waals surface area contributed by atoms with Gasteiger partial charge in [-0.1, -0.05) is 31.2 Å². The van der Waals surface area contributed by atoms with Crippen LogP contribution in [0.25, 0.3) is 0 Å². The maximum atomic E-state index is 14.4. The summed E-state index contributed by atoms with van der Waals surface area (Å²) < 4.78 is 14.4. The number of hydrogen-bond acceptors (Lipinski definition) is 1. The van der Waals surface area contributed by atoms with Gasteiger partial charge in [0.2, 0.25) is 0 Å². The zero-order valence-electron chi connectivity index (χ0n) is 12.2. The van der Waals surface area contributed by atoms with E-state index in [1.807, 2.05) is 19.9 Å². The zero-order chi connectivity index (χ0) is 14.3. The van der Waals surface area contributed by atoms with Crippen LogP contribution in [0.3, 0.4) is 0 Å². The second-order valence-electron chi connectivity index (χ2n) is 5.94. The Morgan fingerprint density at radius 2 is 1.90 bits per heavy atom. The number of benzene rings is 2. The second-order valence-corrected chi connectivity index (χ2v) is 5.94. The van der Waals surface area contributed by atoms with Gasteiger partial charge in [-0.25, -0.2) is 4.39 Å². The molecular formula is C18H20FN. The molecule has 0 amide bonds. The zero-order valence-corrected chi connectivity index (χ0v) is 12.2. The number of hydrogen-bond donors (Lipinski definition) is 1. The summed E-state index contributed by atoms with van der Waals surface area (Å²) in [5.41, 5.74) is 5.29. The lowest BCUT2D eigenvalue weighted by molar-refractivity contribution is 0.457. The van der Waals surface area contributed by atoms with Crippen molar-refractivity contribution in [2.24, 2.45) is 5.92 Å². The predicted molar refractivity (Wildman–Crippen MR) is 81.5 cm³/mol. The Kier molecular flexibility index (Phi) is 3.25. The van der Waals surface area contributed by atoms with Gasteiger partial charge in [0, 0.05) is 11.3 Å². The lowest BCUT2D eigenvalue weighted by Gasteiger charge is -2.34. The molecule has 1 nitrogen and oxygen atoms in total. The summed E-state index contributed by atoms with van der Waals surface area (Å²) in [5.74, 6) is 0.284. The summed E-state index contributed by atoms with van der Waals surface area (Å²) in [7, 11) is 0. The third-order valence-corrected chi connectivity index (χ3v) is 4.23. The topological polar surface area (TPSA) is 12.0 Å². The van der Waals surface area contributed by atoms with Gasteiger partial charge in [0.15, 0.2) is 0 Å². The average Bonchev–Trinajstić information content (AvgIpc) is 2.38. The Morgan fingerprint density at radius 1 is 1.15 bits per heavy atom. The minimum Gasteiger partial charge on any atom is -0.378 e. The molecule has 0 bridgehead atoms. The maximum Gasteiger partial charge on any atom is 0.129 e. The van der Waals surface area contributed by atoms with Crippen molar-refractivity contribution in [3.05, 3.63) is 64.5 Å². The highest BCUT2D eigenvalue weighted by atomic mass is 19.1. The van der Waals surface area contributed by atoms with E-state index in [0.29, 0.717) is 5.92 Å². The van der Waals surface area contributed by atoms with Crippen LogP contribution in [0.4, 0.5) is 10.1 Å². The van der Waals surface area contributed by atoms with E-state index in [0.717, 1.165) is 28.8 Å². The molecule has 0 saturated heterocycles. The summed E-state index contributed by atoms with van der Waals surface area (Å²) in [4.78, 5) is 0. The van der Waals surface area contributed by atoms with E-state index in [-0.39, 0.29) is 11.9 Å². The van der Waals surface area contributed by atoms with Crippen LogP contribution in [-0.4, -0.2) is 0 Å². The lowest BCUT2D eigenvalue weighted by atomic mass is 9.83. The molecule has 2 aromatic rings. The quantitative estimate of drug-likeness (QED) is 0.785. The molecule has 0 aromatic heterocycles. The molecule has 0 spiro atoms. The fourth-order valence-corrected chi connectivity index (χ4v) is 3.29. The summed E-state index contributed by atoms with van der Waals surface area (Å²) in [6, 6.07) is 12.1. The molecule has 2 atom stereocenters. The molecule has 0 aliphatic carbocycles. The maximum absolute atomic E-state index is 14.4. The first-order valence-corrected chi connectivity index (χ1v) is 7.17. The highest BCUT2D eigenvalue weighted by Gasteiger charge is 2.29. The number of aryl methyl sites for hydroxylation is 2. The molecule has 0 fully saturated rings. The van der Waals surface area contributed by atoms with Crippen molar-refractivity contribution in [3.63, 3.8) is 0 Å². The van der Waals surface area contributed by atoms with Gasteiger partial charge in [-0.05, 0) is 55.0 Å². The van der Waals surface area contributed by atoms with Crippen molar-refractivity contribution in [2.75, 3.05) is 5.32 Å². The number of halogens is 1. The molecule has 0 radical (unpaired) electrons. The molecule has 1 aliphatic heterocycles. The van der Waals surface area contributed by atoms with E-state index in [4.69, 9.17) is 0 Å². The van der Waals surface area contributed by atoms with Crippen LogP contribution in [0.15, 0.2) is 36.4 Å². The number of anilines is 1. The molecule has 20 heavy (non-hydrogen) atoms. The Bertz CT molecular complexity index is 625. The van der Waals surface area contributed by atoms with Crippen LogP contribution in [0.5, 0.6) is 0 Å². The van der Waals surface area contributed by atoms with Gasteiger partial charge in [0.1, 0.15) is 5.82 Å². The van der Waals surface area contributed by atoms with Crippen LogP contribution in [0, 0.1) is 25.6 Å². The fraction of sp³-hybridized carbons (Fsp3) is 0.333. The second kappa shape index (κ2) is 4.93. The SMILES string of the molecule is Cc1cc(C)c(C2Nc3ccccc3CC2C)c(F)c1. The number of nitrogens with one attached hydrogen (secondary N) is 1. The first-order valence-electron chi connectivity index (χ1n) is 7.17. The largest absolute Gasteiger partial charge is 0.378 e. The van der Waals surface area contributed by atoms with Gasteiger partial charge in [0.25, 0.3) is 0 Å². The highest BCUT2D eigenvalue weighted by Crippen LogP contribution is 2.38. The molecule has 2 aromatic carbocycles. The third-order valence-electron chi connectivity index (χ3n) is 4.23. The summed E-state index contributed by atoms with van der Waals surface area (Å²) in [5, 5.41) is 3.52. The fourth-order valence-electron chi connectivity index (χ4n) is 3.29. The molecule has 1 heterocycles. The van der Waals surface area contributed by atoms with Crippen LogP contribution in [0.1, 0.15) is 35.2 Å². The first-order chi connectivity index (χ1) is 9.56. The van der Waals surface area contributed by atoms with Gasteiger partial charge in [-0.15, -0.1) is 0 Å². The minimum absolute atomic E-state index is 0.0468. The number of rotatable bonds is 1. The van der Waals surface area contributed by atoms with Crippen molar-refractivity contribution < 1.29 is 4.39 Å². The van der Waals surface area contributed by atoms with Crippen molar-refractivity contribution in [3.8, 4) is 0 Å². The Morgan fingerprint density at radius 3 is 2.65 bits per heavy atom. The number of para-hydroxylation sites is 1. The summed E-state index contributed by atoms with van der Waals surface area (Å²) in [6.45, 7) is 6.12. The molecular weight excluding hydrogens is 249 g/mol. The minimum atomic E-state index is -0.0915. The standard InChI is InChI=1S/C18H20FN/c1-11-8-12(2)17(15(19)9-11)18-13(3)10-14-6-4-5-7-16(14)20-18/h4-9,13,18,20H,10H2,1-3H3. The van der Waals surface area contributed by atoms with Gasteiger partial charge in [-0.2, -0.15) is 0 Å². The lowest BCUT2D eigenvalue weighted by Crippen LogP contribution is -2.27. The van der Waals surface area contributed by atoms with Crippen molar-refractivity contribution in [1.29, 1.82) is 0 Å². The molecule has 2 heteroatoms. The summed E-state index contributed by atoms with van der Waals surface area (Å²) in [6.07, 6.45) is 0.987. The molecule has 0 saturated carbocycles. The Balaban J connectivity index is 2.04. The van der Waals surface area contributed by atoms with Crippen LogP contribution < -0.4 is 5.32 Å². The average molecular weight is 269 g/mol. The van der Waals surface area contributed by atoms with Crippen LogP contribution in [-0.2, 0) is 6.42 Å². The first kappa shape index (κ1) is 13.2. The van der Waals surface area contributed by atoms with Crippen molar-refractivity contribution in [1.82, 2.24) is 0 Å². The van der Waals surface area contributed by atoms with E-state index < -0.39 is 0 Å². The van der Waals surface area contributed by atoms with E-state index in [9.17, 15) is 4.39 Å². The Hall–Kier alpha value is -1.83. The van der Waals surface area contributed by atoms with Crippen LogP contribution >= 0.6 is 0 Å². The van der Waals surface area contributed by atoms with E-state index >= 15 is 0 Å². The molecule has 2 unspecified atom stereocenters. The smallest absolute Gasteiger partial charge is 0.129 e. The van der Waals surface area contributed by atoms with E-state index in [1.165, 1.54) is 5.56 Å². The number of fused-ring (bicyclic) bond motifs is 1. The molecule has 1 aliphatic rings. The van der Waals surface area contributed by atoms with Gasteiger partial charge < -0.3 is 5.32 Å². The molecule has 1 N–H and O–H groups in total. The van der Waals surface area contributed by atoms with Crippen LogP contribution in [0.2, 0.25) is 0 Å². The van der Waals surface area contributed by atoms with Crippen molar-refractivity contribution in [2.45, 2.75) is 33.2 Å². The monoisotopic (exact) mass is 269 g/mol. The predicted octanol–water partition coefficient (Wildman–Crippen LogP) is 4.79. The molecule has 104 valence electrons. The van der Waals surface area contributed by atoms with E-state index in [1.54, 1.807) is 6.07 Å². The molecule has 3 rings (SSSR count). The van der Waals surface area contributed by atoms with Crippen molar-refractivity contribution >= 4 is 5.69 Å². The summed E-state index contributed by atoms with van der Waals surface area (Å²) >= 11 is 0. The third kappa shape index (κ3) is 2.20. The van der Waals surface area contributed by atoms with E-state index in [2.05, 4.69) is 36.5 Å². The Labute approximate surface area is 119 Å². The van der Waals surface area contributed by atoms with Gasteiger partial charge >= 0.3 is 0 Å². The van der Waals surface area contributed by atoms with Gasteiger partial charge in [-0.3, -0.25) is 0 Å².